The van der Waals surface area contributed by atoms with Crippen LogP contribution in [0.15, 0.2) is 0 Å². The highest BCUT2D eigenvalue weighted by Crippen LogP contribution is 2.25. The highest BCUT2D eigenvalue weighted by Gasteiger charge is 2.33. The topological polar surface area (TPSA) is 72.9 Å². The molecule has 2 amide bonds. The standard InChI is InChI=1S/C15H27N3O3/c1-17-9-7-11(8-10-17)18(2)15(21)16-13-6-4-3-5-12(13)14(19)20/h11-13H,3-10H2,1-2H3,(H,16,21)(H,19,20). The summed E-state index contributed by atoms with van der Waals surface area (Å²) in [5, 5.41) is 12.2. The maximum absolute atomic E-state index is 12.4. The van der Waals surface area contributed by atoms with Gasteiger partial charge in [-0.25, -0.2) is 4.79 Å². The van der Waals surface area contributed by atoms with Crippen molar-refractivity contribution in [3.63, 3.8) is 0 Å². The second-order valence-electron chi connectivity index (χ2n) is 6.43. The zero-order valence-corrected chi connectivity index (χ0v) is 13.0. The maximum Gasteiger partial charge on any atom is 0.317 e. The van der Waals surface area contributed by atoms with Crippen molar-refractivity contribution in [3.8, 4) is 0 Å². The lowest BCUT2D eigenvalue weighted by Crippen LogP contribution is -2.53. The summed E-state index contributed by atoms with van der Waals surface area (Å²) >= 11 is 0. The van der Waals surface area contributed by atoms with E-state index in [4.69, 9.17) is 0 Å². The first-order valence-corrected chi connectivity index (χ1v) is 7.93. The molecular weight excluding hydrogens is 270 g/mol. The van der Waals surface area contributed by atoms with Gasteiger partial charge in [0.2, 0.25) is 0 Å². The number of urea groups is 1. The van der Waals surface area contributed by atoms with E-state index in [2.05, 4.69) is 17.3 Å². The van der Waals surface area contributed by atoms with Gasteiger partial charge in [0, 0.05) is 19.1 Å². The molecule has 0 aromatic rings. The van der Waals surface area contributed by atoms with Gasteiger partial charge in [0.25, 0.3) is 0 Å². The number of hydrogen-bond donors (Lipinski definition) is 2. The molecule has 0 spiro atoms. The van der Waals surface area contributed by atoms with Crippen LogP contribution in [-0.4, -0.2) is 66.2 Å². The van der Waals surface area contributed by atoms with Crippen molar-refractivity contribution in [2.75, 3.05) is 27.2 Å². The van der Waals surface area contributed by atoms with Gasteiger partial charge >= 0.3 is 12.0 Å². The summed E-state index contributed by atoms with van der Waals surface area (Å²) < 4.78 is 0. The number of likely N-dealkylation sites (tertiary alicyclic amines) is 1. The molecule has 1 heterocycles. The summed E-state index contributed by atoms with van der Waals surface area (Å²) in [4.78, 5) is 27.7. The molecule has 1 saturated carbocycles. The summed E-state index contributed by atoms with van der Waals surface area (Å²) in [6.07, 6.45) is 5.32. The molecule has 1 saturated heterocycles. The van der Waals surface area contributed by atoms with Crippen molar-refractivity contribution in [2.45, 2.75) is 50.6 Å². The second-order valence-corrected chi connectivity index (χ2v) is 6.43. The molecule has 2 fully saturated rings. The van der Waals surface area contributed by atoms with Gasteiger partial charge in [0.05, 0.1) is 5.92 Å². The largest absolute Gasteiger partial charge is 0.481 e. The van der Waals surface area contributed by atoms with E-state index in [9.17, 15) is 14.7 Å². The second kappa shape index (κ2) is 7.11. The number of carboxylic acids is 1. The minimum absolute atomic E-state index is 0.122. The van der Waals surface area contributed by atoms with Gasteiger partial charge in [0.1, 0.15) is 0 Å². The van der Waals surface area contributed by atoms with Gasteiger partial charge in [-0.2, -0.15) is 0 Å². The number of amides is 2. The average Bonchev–Trinajstić information content (AvgIpc) is 2.47. The minimum atomic E-state index is -0.790. The normalized spacial score (nSPS) is 28.1. The summed E-state index contributed by atoms with van der Waals surface area (Å²) in [6.45, 7) is 2.01. The minimum Gasteiger partial charge on any atom is -0.481 e. The van der Waals surface area contributed by atoms with Gasteiger partial charge in [-0.15, -0.1) is 0 Å². The Hall–Kier alpha value is -1.30. The molecule has 6 nitrogen and oxygen atoms in total. The number of carboxylic acid groups (broad SMARTS) is 1. The number of carbonyl (C=O) groups is 2. The fourth-order valence-corrected chi connectivity index (χ4v) is 3.41. The summed E-state index contributed by atoms with van der Waals surface area (Å²) in [7, 11) is 3.92. The fourth-order valence-electron chi connectivity index (χ4n) is 3.41. The third-order valence-corrected chi connectivity index (χ3v) is 4.95. The Morgan fingerprint density at radius 3 is 2.38 bits per heavy atom. The number of nitrogens with one attached hydrogen (secondary N) is 1. The van der Waals surface area contributed by atoms with Crippen LogP contribution in [0.3, 0.4) is 0 Å². The Balaban J connectivity index is 1.88. The van der Waals surface area contributed by atoms with Crippen LogP contribution in [0.5, 0.6) is 0 Å². The van der Waals surface area contributed by atoms with E-state index < -0.39 is 11.9 Å². The number of rotatable bonds is 3. The Bertz CT molecular complexity index is 380. The van der Waals surface area contributed by atoms with E-state index in [1.807, 2.05) is 7.05 Å². The Morgan fingerprint density at radius 2 is 1.76 bits per heavy atom. The lowest BCUT2D eigenvalue weighted by Gasteiger charge is -2.37. The molecular formula is C15H27N3O3. The van der Waals surface area contributed by atoms with Crippen molar-refractivity contribution in [1.82, 2.24) is 15.1 Å². The number of nitrogens with zero attached hydrogens (tertiary/aromatic N) is 2. The first-order valence-electron chi connectivity index (χ1n) is 7.93. The van der Waals surface area contributed by atoms with Gasteiger partial charge in [0.15, 0.2) is 0 Å². The predicted molar refractivity (Wildman–Crippen MR) is 80.2 cm³/mol. The Kier molecular flexibility index (Phi) is 5.45. The molecule has 0 bridgehead atoms. The molecule has 120 valence electrons. The van der Waals surface area contributed by atoms with Gasteiger partial charge in [-0.3, -0.25) is 4.79 Å². The van der Waals surface area contributed by atoms with Crippen molar-refractivity contribution in [3.05, 3.63) is 0 Å². The van der Waals surface area contributed by atoms with Crippen LogP contribution in [0, 0.1) is 5.92 Å². The predicted octanol–water partition coefficient (Wildman–Crippen LogP) is 1.37. The number of carbonyl (C=O) groups excluding carboxylic acids is 1. The molecule has 2 unspecified atom stereocenters. The molecule has 1 aliphatic heterocycles. The summed E-state index contributed by atoms with van der Waals surface area (Å²) in [5.74, 6) is -1.23. The third kappa shape index (κ3) is 4.09. The van der Waals surface area contributed by atoms with Crippen molar-refractivity contribution in [2.24, 2.45) is 5.92 Å². The smallest absolute Gasteiger partial charge is 0.317 e. The van der Waals surface area contributed by atoms with E-state index in [-0.39, 0.29) is 18.1 Å². The number of aliphatic carboxylic acids is 1. The first-order chi connectivity index (χ1) is 9.99. The van der Waals surface area contributed by atoms with E-state index >= 15 is 0 Å². The molecule has 2 N–H and O–H groups in total. The van der Waals surface area contributed by atoms with E-state index in [0.717, 1.165) is 45.2 Å². The SMILES string of the molecule is CN1CCC(N(C)C(=O)NC2CCCCC2C(=O)O)CC1. The van der Waals surface area contributed by atoms with Gasteiger partial charge < -0.3 is 20.2 Å². The first kappa shape index (κ1) is 16.1. The molecule has 0 radical (unpaired) electrons. The van der Waals surface area contributed by atoms with Crippen LogP contribution >= 0.6 is 0 Å². The van der Waals surface area contributed by atoms with Gasteiger partial charge in [-0.1, -0.05) is 12.8 Å². The highest BCUT2D eigenvalue weighted by molar-refractivity contribution is 5.77. The molecule has 2 atom stereocenters. The number of piperidine rings is 1. The Morgan fingerprint density at radius 1 is 1.14 bits per heavy atom. The van der Waals surface area contributed by atoms with Crippen LogP contribution in [0.25, 0.3) is 0 Å². The quantitative estimate of drug-likeness (QED) is 0.825. The lowest BCUT2D eigenvalue weighted by atomic mass is 9.84. The van der Waals surface area contributed by atoms with Crippen LogP contribution in [-0.2, 0) is 4.79 Å². The van der Waals surface area contributed by atoms with Crippen LogP contribution in [0.1, 0.15) is 38.5 Å². The lowest BCUT2D eigenvalue weighted by molar-refractivity contribution is -0.143. The van der Waals surface area contributed by atoms with Crippen LogP contribution in [0.4, 0.5) is 4.79 Å². The van der Waals surface area contributed by atoms with Crippen molar-refractivity contribution in [1.29, 1.82) is 0 Å². The van der Waals surface area contributed by atoms with E-state index in [0.29, 0.717) is 6.42 Å². The van der Waals surface area contributed by atoms with Crippen molar-refractivity contribution >= 4 is 12.0 Å². The molecule has 6 heteroatoms. The van der Waals surface area contributed by atoms with E-state index in [1.54, 1.807) is 4.90 Å². The van der Waals surface area contributed by atoms with Gasteiger partial charge in [-0.05, 0) is 45.8 Å². The van der Waals surface area contributed by atoms with Crippen LogP contribution in [0.2, 0.25) is 0 Å². The molecule has 0 aromatic heterocycles. The number of hydrogen-bond acceptors (Lipinski definition) is 3. The zero-order valence-electron chi connectivity index (χ0n) is 13.0. The zero-order chi connectivity index (χ0) is 15.4. The summed E-state index contributed by atoms with van der Waals surface area (Å²) in [6, 6.07) is -0.0896. The Labute approximate surface area is 126 Å². The molecule has 0 aromatic carbocycles. The highest BCUT2D eigenvalue weighted by atomic mass is 16.4. The molecule has 2 rings (SSSR count). The van der Waals surface area contributed by atoms with Crippen molar-refractivity contribution < 1.29 is 14.7 Å². The monoisotopic (exact) mass is 297 g/mol. The molecule has 2 aliphatic rings. The molecule has 1 aliphatic carbocycles. The van der Waals surface area contributed by atoms with Crippen LogP contribution < -0.4 is 5.32 Å². The molecule has 21 heavy (non-hydrogen) atoms. The fraction of sp³-hybridized carbons (Fsp3) is 0.867. The maximum atomic E-state index is 12.4. The van der Waals surface area contributed by atoms with E-state index in [1.165, 1.54) is 0 Å². The average molecular weight is 297 g/mol. The summed E-state index contributed by atoms with van der Waals surface area (Å²) in [5.41, 5.74) is 0. The third-order valence-electron chi connectivity index (χ3n) is 4.95.